The van der Waals surface area contributed by atoms with E-state index in [0.717, 1.165) is 18.2 Å². The van der Waals surface area contributed by atoms with Gasteiger partial charge in [0.2, 0.25) is 0 Å². The minimum absolute atomic E-state index is 0.0727. The number of alkyl halides is 3. The van der Waals surface area contributed by atoms with Crippen molar-refractivity contribution in [1.82, 2.24) is 4.98 Å². The average Bonchev–Trinajstić information content (AvgIpc) is 2.90. The molecule has 0 radical (unpaired) electrons. The lowest BCUT2D eigenvalue weighted by molar-refractivity contribution is -0.136. The van der Waals surface area contributed by atoms with E-state index in [9.17, 15) is 26.7 Å². The number of thiazole rings is 1. The summed E-state index contributed by atoms with van der Waals surface area (Å²) in [5.74, 6) is -3.12. The maximum atomic E-state index is 13.1. The highest BCUT2D eigenvalue weighted by Crippen LogP contribution is 2.38. The second kappa shape index (κ2) is 5.82. The molecule has 0 unspecified atom stereocenters. The first-order valence-corrected chi connectivity index (χ1v) is 7.30. The Balaban J connectivity index is 1.93. The SMILES string of the molecule is O=C(Nc1nc2cccc(C(F)(F)F)c2s1)c1ccc(F)c(F)c1. The predicted octanol–water partition coefficient (Wildman–Crippen LogP) is 4.85. The Bertz CT molecular complexity index is 935. The fourth-order valence-corrected chi connectivity index (χ4v) is 3.03. The van der Waals surface area contributed by atoms with Gasteiger partial charge in [0.1, 0.15) is 0 Å². The zero-order valence-corrected chi connectivity index (χ0v) is 12.4. The van der Waals surface area contributed by atoms with Gasteiger partial charge in [-0.25, -0.2) is 13.8 Å². The van der Waals surface area contributed by atoms with Gasteiger partial charge in [0, 0.05) is 5.56 Å². The monoisotopic (exact) mass is 358 g/mol. The van der Waals surface area contributed by atoms with E-state index in [1.54, 1.807) is 0 Å². The lowest BCUT2D eigenvalue weighted by Gasteiger charge is -2.06. The van der Waals surface area contributed by atoms with E-state index in [4.69, 9.17) is 0 Å². The van der Waals surface area contributed by atoms with Gasteiger partial charge in [-0.1, -0.05) is 17.4 Å². The Morgan fingerprint density at radius 1 is 1.08 bits per heavy atom. The summed E-state index contributed by atoms with van der Waals surface area (Å²) in [7, 11) is 0. The van der Waals surface area contributed by atoms with Crippen LogP contribution in [0.1, 0.15) is 15.9 Å². The number of nitrogens with zero attached hydrogens (tertiary/aromatic N) is 1. The number of anilines is 1. The first-order valence-electron chi connectivity index (χ1n) is 6.49. The van der Waals surface area contributed by atoms with Crippen molar-refractivity contribution in [1.29, 1.82) is 0 Å². The molecule has 0 saturated heterocycles. The van der Waals surface area contributed by atoms with Crippen LogP contribution in [0.25, 0.3) is 10.2 Å². The number of hydrogen-bond donors (Lipinski definition) is 1. The molecular weight excluding hydrogens is 351 g/mol. The van der Waals surface area contributed by atoms with Crippen LogP contribution in [0.3, 0.4) is 0 Å². The number of carbonyl (C=O) groups excluding carboxylic acids is 1. The number of hydrogen-bond acceptors (Lipinski definition) is 3. The van der Waals surface area contributed by atoms with Crippen LogP contribution < -0.4 is 5.32 Å². The number of halogens is 5. The summed E-state index contributed by atoms with van der Waals surface area (Å²) < 4.78 is 64.7. The van der Waals surface area contributed by atoms with Gasteiger partial charge in [0.25, 0.3) is 5.91 Å². The van der Waals surface area contributed by atoms with Gasteiger partial charge in [-0.2, -0.15) is 13.2 Å². The maximum Gasteiger partial charge on any atom is 0.417 e. The van der Waals surface area contributed by atoms with E-state index in [0.29, 0.717) is 17.4 Å². The van der Waals surface area contributed by atoms with Gasteiger partial charge in [0.05, 0.1) is 15.8 Å². The molecule has 1 aromatic heterocycles. The molecule has 0 bridgehead atoms. The van der Waals surface area contributed by atoms with Crippen molar-refractivity contribution in [2.24, 2.45) is 0 Å². The summed E-state index contributed by atoms with van der Waals surface area (Å²) in [6.45, 7) is 0. The molecule has 3 rings (SSSR count). The highest BCUT2D eigenvalue weighted by atomic mass is 32.1. The molecule has 1 amide bonds. The van der Waals surface area contributed by atoms with Crippen LogP contribution in [0.15, 0.2) is 36.4 Å². The molecule has 0 spiro atoms. The Hall–Kier alpha value is -2.55. The zero-order valence-electron chi connectivity index (χ0n) is 11.6. The van der Waals surface area contributed by atoms with Crippen molar-refractivity contribution in [3.63, 3.8) is 0 Å². The molecule has 1 N–H and O–H groups in total. The van der Waals surface area contributed by atoms with Crippen LogP contribution in [0.5, 0.6) is 0 Å². The van der Waals surface area contributed by atoms with Crippen molar-refractivity contribution in [2.75, 3.05) is 5.32 Å². The average molecular weight is 358 g/mol. The fourth-order valence-electron chi connectivity index (χ4n) is 2.03. The number of amides is 1. The van der Waals surface area contributed by atoms with Crippen molar-refractivity contribution in [3.05, 3.63) is 59.2 Å². The van der Waals surface area contributed by atoms with Gasteiger partial charge in [-0.3, -0.25) is 10.1 Å². The summed E-state index contributed by atoms with van der Waals surface area (Å²) in [5.41, 5.74) is -0.953. The molecule has 1 heterocycles. The van der Waals surface area contributed by atoms with Gasteiger partial charge >= 0.3 is 6.18 Å². The van der Waals surface area contributed by atoms with Crippen LogP contribution in [-0.4, -0.2) is 10.9 Å². The smallest absolute Gasteiger partial charge is 0.298 e. The molecule has 24 heavy (non-hydrogen) atoms. The van der Waals surface area contributed by atoms with Crippen molar-refractivity contribution in [3.8, 4) is 0 Å². The molecule has 0 atom stereocenters. The number of rotatable bonds is 2. The lowest BCUT2D eigenvalue weighted by atomic mass is 10.2. The number of fused-ring (bicyclic) bond motifs is 1. The molecule has 0 saturated carbocycles. The zero-order chi connectivity index (χ0) is 17.5. The molecule has 0 aliphatic carbocycles. The van der Waals surface area contributed by atoms with Crippen molar-refractivity contribution in [2.45, 2.75) is 6.18 Å². The topological polar surface area (TPSA) is 42.0 Å². The second-order valence-corrected chi connectivity index (χ2v) is 5.75. The largest absolute Gasteiger partial charge is 0.417 e. The van der Waals surface area contributed by atoms with E-state index in [2.05, 4.69) is 10.3 Å². The van der Waals surface area contributed by atoms with Gasteiger partial charge < -0.3 is 0 Å². The first-order chi connectivity index (χ1) is 11.3. The minimum atomic E-state index is -4.55. The highest BCUT2D eigenvalue weighted by molar-refractivity contribution is 7.22. The lowest BCUT2D eigenvalue weighted by Crippen LogP contribution is -2.12. The third-order valence-electron chi connectivity index (χ3n) is 3.12. The van der Waals surface area contributed by atoms with Gasteiger partial charge in [-0.05, 0) is 30.3 Å². The molecular formula is C15H7F5N2OS. The van der Waals surface area contributed by atoms with E-state index in [1.165, 1.54) is 12.1 Å². The number of benzene rings is 2. The van der Waals surface area contributed by atoms with Crippen molar-refractivity contribution < 1.29 is 26.7 Å². The van der Waals surface area contributed by atoms with Crippen molar-refractivity contribution >= 4 is 32.6 Å². The van der Waals surface area contributed by atoms with E-state index >= 15 is 0 Å². The van der Waals surface area contributed by atoms with Crippen LogP contribution in [-0.2, 0) is 6.18 Å². The van der Waals surface area contributed by atoms with E-state index in [1.807, 2.05) is 0 Å². The second-order valence-electron chi connectivity index (χ2n) is 4.75. The van der Waals surface area contributed by atoms with Crippen LogP contribution in [0.2, 0.25) is 0 Å². The Kier molecular flexibility index (Phi) is 3.96. The molecule has 0 aliphatic rings. The summed E-state index contributed by atoms with van der Waals surface area (Å²) >= 11 is 0.650. The third kappa shape index (κ3) is 3.07. The van der Waals surface area contributed by atoms with E-state index < -0.39 is 29.3 Å². The van der Waals surface area contributed by atoms with Gasteiger partial charge in [0.15, 0.2) is 16.8 Å². The number of aromatic nitrogens is 1. The number of carbonyl (C=O) groups is 1. The minimum Gasteiger partial charge on any atom is -0.298 e. The summed E-state index contributed by atoms with van der Waals surface area (Å²) in [6.07, 6.45) is -4.55. The molecule has 2 aromatic carbocycles. The molecule has 3 nitrogen and oxygen atoms in total. The Morgan fingerprint density at radius 2 is 1.83 bits per heavy atom. The maximum absolute atomic E-state index is 13.1. The van der Waals surface area contributed by atoms with Crippen LogP contribution >= 0.6 is 11.3 Å². The highest BCUT2D eigenvalue weighted by Gasteiger charge is 2.33. The summed E-state index contributed by atoms with van der Waals surface area (Å²) in [4.78, 5) is 15.9. The fraction of sp³-hybridized carbons (Fsp3) is 0.0667. The predicted molar refractivity (Wildman–Crippen MR) is 78.9 cm³/mol. The van der Waals surface area contributed by atoms with Crippen LogP contribution in [0, 0.1) is 11.6 Å². The quantitative estimate of drug-likeness (QED) is 0.666. The third-order valence-corrected chi connectivity index (χ3v) is 4.14. The first kappa shape index (κ1) is 16.3. The molecule has 3 aromatic rings. The molecule has 124 valence electrons. The molecule has 9 heteroatoms. The standard InChI is InChI=1S/C15H7F5N2OS/c16-9-5-4-7(6-10(9)17)13(23)22-14-21-11-3-1-2-8(12(11)24-14)15(18,19)20/h1-6H,(H,21,22,23). The molecule has 0 aliphatic heterocycles. The van der Waals surface area contributed by atoms with Gasteiger partial charge in [-0.15, -0.1) is 0 Å². The van der Waals surface area contributed by atoms with E-state index in [-0.39, 0.29) is 20.9 Å². The Labute approximate surface area is 135 Å². The van der Waals surface area contributed by atoms with Crippen LogP contribution in [0.4, 0.5) is 27.1 Å². The summed E-state index contributed by atoms with van der Waals surface area (Å²) in [6, 6.07) is 6.05. The summed E-state index contributed by atoms with van der Waals surface area (Å²) in [5, 5.41) is 2.21. The normalized spacial score (nSPS) is 11.7. The Morgan fingerprint density at radius 3 is 2.50 bits per heavy atom. The molecule has 0 fully saturated rings. The number of nitrogens with one attached hydrogen (secondary N) is 1.